The molecule has 0 spiro atoms. The summed E-state index contributed by atoms with van der Waals surface area (Å²) in [5.74, 6) is 0. The van der Waals surface area contributed by atoms with E-state index in [1.54, 1.807) is 60.4 Å². The molecule has 0 saturated carbocycles. The summed E-state index contributed by atoms with van der Waals surface area (Å²) < 4.78 is 75.0. The number of hydrogen-bond acceptors (Lipinski definition) is 0. The Morgan fingerprint density at radius 2 is 0.547 bits per heavy atom. The van der Waals surface area contributed by atoms with Crippen LogP contribution in [-0.2, 0) is 28.2 Å². The summed E-state index contributed by atoms with van der Waals surface area (Å²) in [5, 5.41) is 0. The van der Waals surface area contributed by atoms with Gasteiger partial charge in [-0.05, 0) is 154 Å². The number of benzene rings is 4. The molecular formula is C60H72N4+4. The SMILES string of the molecule is Cc1ccc(-c2ccc(C)c[n+]2C)c(C)c1.Cc1ccc(C)c(-c2ccc(C)c[n+]2C)c1.[2H]C([2H])([2H])c1ccc(-c2cc(C)ccc2C)[n+](C)c1.[2H]C([2H])([2H])c1ccc(-c2ccc(C([2H])([2H])[2H])c[n+]2C)c(C)c1. The van der Waals surface area contributed by atoms with Crippen molar-refractivity contribution in [3.63, 3.8) is 0 Å². The van der Waals surface area contributed by atoms with Crippen LogP contribution >= 0.6 is 0 Å². The van der Waals surface area contributed by atoms with E-state index in [1.807, 2.05) is 24.6 Å². The molecule has 4 heteroatoms. The highest BCUT2D eigenvalue weighted by atomic mass is 14.9. The fourth-order valence-electron chi connectivity index (χ4n) is 7.90. The Labute approximate surface area is 398 Å². The first-order valence-corrected chi connectivity index (χ1v) is 21.7. The molecule has 8 aromatic rings. The second-order valence-electron chi connectivity index (χ2n) is 17.2. The van der Waals surface area contributed by atoms with Gasteiger partial charge in [-0.3, -0.25) is 0 Å². The highest BCUT2D eigenvalue weighted by Crippen LogP contribution is 2.25. The van der Waals surface area contributed by atoms with E-state index >= 15 is 0 Å². The predicted molar refractivity (Wildman–Crippen MR) is 269 cm³/mol. The third kappa shape index (κ3) is 12.8. The summed E-state index contributed by atoms with van der Waals surface area (Å²) in [6.45, 7) is 12.5. The Balaban J connectivity index is 0.000000182. The van der Waals surface area contributed by atoms with Gasteiger partial charge in [0.25, 0.3) is 0 Å². The maximum atomic E-state index is 7.45. The summed E-state index contributed by atoms with van der Waals surface area (Å²) in [4.78, 5) is 0. The van der Waals surface area contributed by atoms with E-state index in [-0.39, 0.29) is 5.56 Å². The average Bonchev–Trinajstić information content (AvgIpc) is 3.28. The molecule has 8 rings (SSSR count). The molecule has 0 amide bonds. The first kappa shape index (κ1) is 36.9. The van der Waals surface area contributed by atoms with Crippen molar-refractivity contribution in [3.8, 4) is 45.0 Å². The lowest BCUT2D eigenvalue weighted by Crippen LogP contribution is -2.31. The summed E-state index contributed by atoms with van der Waals surface area (Å²) in [7, 11) is 7.86. The van der Waals surface area contributed by atoms with Gasteiger partial charge in [0, 0.05) is 81.1 Å². The van der Waals surface area contributed by atoms with Crippen LogP contribution in [0.4, 0.5) is 0 Å². The number of hydrogen-bond donors (Lipinski definition) is 0. The van der Waals surface area contributed by atoms with Crippen molar-refractivity contribution in [1.82, 2.24) is 0 Å². The summed E-state index contributed by atoms with van der Waals surface area (Å²) in [6.07, 6.45) is 7.59. The van der Waals surface area contributed by atoms with Crippen LogP contribution in [0, 0.1) is 82.9 Å². The van der Waals surface area contributed by atoms with Gasteiger partial charge in [0.2, 0.25) is 22.8 Å². The molecule has 0 fully saturated rings. The maximum Gasteiger partial charge on any atom is 0.212 e. The molecule has 0 aliphatic carbocycles. The van der Waals surface area contributed by atoms with Crippen molar-refractivity contribution in [2.24, 2.45) is 28.2 Å². The summed E-state index contributed by atoms with van der Waals surface area (Å²) in [6, 6.07) is 40.1. The van der Waals surface area contributed by atoms with Gasteiger partial charge in [-0.1, -0.05) is 70.8 Å². The number of pyridine rings is 4. The van der Waals surface area contributed by atoms with E-state index in [4.69, 9.17) is 12.3 Å². The third-order valence-corrected chi connectivity index (χ3v) is 11.3. The minimum absolute atomic E-state index is 0.274. The van der Waals surface area contributed by atoms with Crippen LogP contribution in [0.15, 0.2) is 146 Å². The molecule has 0 N–H and O–H groups in total. The molecule has 328 valence electrons. The van der Waals surface area contributed by atoms with Gasteiger partial charge in [-0.25, -0.2) is 18.3 Å². The van der Waals surface area contributed by atoms with Gasteiger partial charge in [0.05, 0.1) is 0 Å². The first-order chi connectivity index (χ1) is 33.9. The zero-order chi connectivity index (χ0) is 54.3. The summed E-state index contributed by atoms with van der Waals surface area (Å²) >= 11 is 0. The Kier molecular flexibility index (Phi) is 12.5. The van der Waals surface area contributed by atoms with Crippen LogP contribution in [-0.4, -0.2) is 0 Å². The molecule has 0 aliphatic rings. The minimum atomic E-state index is -2.14. The fraction of sp³-hybridized carbons (Fsp3) is 0.267. The Morgan fingerprint density at radius 1 is 0.266 bits per heavy atom. The molecule has 0 saturated heterocycles. The van der Waals surface area contributed by atoms with Crippen molar-refractivity contribution in [3.05, 3.63) is 213 Å². The van der Waals surface area contributed by atoms with Crippen LogP contribution in [0.3, 0.4) is 0 Å². The van der Waals surface area contributed by atoms with E-state index in [0.717, 1.165) is 28.1 Å². The average molecular weight is 858 g/mol. The lowest BCUT2D eigenvalue weighted by Gasteiger charge is -2.05. The van der Waals surface area contributed by atoms with Crippen LogP contribution < -0.4 is 18.3 Å². The molecule has 4 heterocycles. The number of aromatic nitrogens is 4. The maximum absolute atomic E-state index is 7.45. The van der Waals surface area contributed by atoms with Crippen LogP contribution in [0.1, 0.15) is 79.1 Å². The topological polar surface area (TPSA) is 15.5 Å². The van der Waals surface area contributed by atoms with Crippen LogP contribution in [0.25, 0.3) is 45.0 Å². The fourth-order valence-corrected chi connectivity index (χ4v) is 7.90. The second-order valence-corrected chi connectivity index (χ2v) is 17.2. The Hall–Kier alpha value is -6.52. The lowest BCUT2D eigenvalue weighted by atomic mass is 10.0. The van der Waals surface area contributed by atoms with Gasteiger partial charge < -0.3 is 0 Å². The van der Waals surface area contributed by atoms with E-state index in [2.05, 4.69) is 170 Å². The van der Waals surface area contributed by atoms with Crippen LogP contribution in [0.2, 0.25) is 0 Å². The van der Waals surface area contributed by atoms with E-state index in [9.17, 15) is 0 Å². The molecular weight excluding hydrogens is 777 g/mol. The van der Waals surface area contributed by atoms with Gasteiger partial charge in [0.1, 0.15) is 28.2 Å². The van der Waals surface area contributed by atoms with Gasteiger partial charge >= 0.3 is 0 Å². The standard InChI is InChI=1S/4C15H18N/c2*1-11-5-7-14(13(3)9-11)15-8-6-12(2)10-16(15)4;2*1-11-5-7-13(3)14(9-11)15-8-6-12(2)10-16(15)4/h4*5-10H,1-4H3/q4*+1/i1D3,2D3;;2D3;. The Morgan fingerprint density at radius 3 is 0.906 bits per heavy atom. The molecule has 0 aliphatic heterocycles. The normalized spacial score (nSPS) is 13.2. The molecule has 4 aromatic heterocycles. The third-order valence-electron chi connectivity index (χ3n) is 11.3. The van der Waals surface area contributed by atoms with E-state index in [1.165, 1.54) is 67.0 Å². The lowest BCUT2D eigenvalue weighted by molar-refractivity contribution is -0.660. The molecule has 64 heavy (non-hydrogen) atoms. The van der Waals surface area contributed by atoms with Crippen molar-refractivity contribution in [2.45, 2.75) is 82.9 Å². The first-order valence-electron chi connectivity index (χ1n) is 26.2. The van der Waals surface area contributed by atoms with Gasteiger partial charge in [-0.2, -0.15) is 0 Å². The zero-order valence-corrected chi connectivity index (χ0v) is 40.1. The summed E-state index contributed by atoms with van der Waals surface area (Å²) in [5.41, 5.74) is 21.1. The number of nitrogens with zero attached hydrogens (tertiary/aromatic N) is 4. The highest BCUT2D eigenvalue weighted by molar-refractivity contribution is 5.64. The smallest absolute Gasteiger partial charge is 0.201 e. The minimum Gasteiger partial charge on any atom is -0.201 e. The quantitative estimate of drug-likeness (QED) is 0.157. The second kappa shape index (κ2) is 21.7. The Bertz CT molecular complexity index is 3130. The van der Waals surface area contributed by atoms with Gasteiger partial charge in [-0.15, -0.1) is 0 Å². The van der Waals surface area contributed by atoms with Crippen LogP contribution in [0.5, 0.6) is 0 Å². The van der Waals surface area contributed by atoms with Crippen molar-refractivity contribution < 1.29 is 30.6 Å². The van der Waals surface area contributed by atoms with E-state index in [0.29, 0.717) is 11.1 Å². The molecule has 0 unspecified atom stereocenters. The molecule has 4 aromatic carbocycles. The number of aryl methyl sites for hydroxylation is 16. The molecule has 0 bridgehead atoms. The van der Waals surface area contributed by atoms with E-state index < -0.39 is 20.6 Å². The predicted octanol–water partition coefficient (Wildman–Crippen LogP) is 12.4. The largest absolute Gasteiger partial charge is 0.212 e. The van der Waals surface area contributed by atoms with Crippen molar-refractivity contribution in [1.29, 1.82) is 0 Å². The highest BCUT2D eigenvalue weighted by Gasteiger charge is 2.15. The molecule has 0 radical (unpaired) electrons. The zero-order valence-electron chi connectivity index (χ0n) is 49.1. The molecule has 0 atom stereocenters. The van der Waals surface area contributed by atoms with Gasteiger partial charge in [0.15, 0.2) is 24.8 Å². The van der Waals surface area contributed by atoms with Crippen molar-refractivity contribution in [2.75, 3.05) is 0 Å². The van der Waals surface area contributed by atoms with Crippen molar-refractivity contribution >= 4 is 0 Å². The molecule has 4 nitrogen and oxygen atoms in total. The monoisotopic (exact) mass is 858 g/mol. The number of rotatable bonds is 4.